The van der Waals surface area contributed by atoms with Gasteiger partial charge in [0.15, 0.2) is 0 Å². The molecule has 1 amide bonds. The molecule has 8 bridgehead atoms. The monoisotopic (exact) mass is 713 g/mol. The SMILES string of the molecule is CCC1=C(C)c2cc3[nH]c(cc4nc(c(CC(=O)OC)c5[nH]c(cc1n2)c(C)c5C(=O)NCCOCCOC)C(CCC(=O)O)C4C)c(C)c3CC. The van der Waals surface area contributed by atoms with Crippen molar-refractivity contribution in [1.82, 2.24) is 25.3 Å². The fraction of sp³-hybridized carbons (Fsp3) is 0.475. The summed E-state index contributed by atoms with van der Waals surface area (Å²) in [4.78, 5) is 56.7. The van der Waals surface area contributed by atoms with Crippen LogP contribution in [0.1, 0.15) is 114 Å². The summed E-state index contributed by atoms with van der Waals surface area (Å²) in [7, 11) is 2.92. The maximum Gasteiger partial charge on any atom is 0.310 e. The predicted molar refractivity (Wildman–Crippen MR) is 201 cm³/mol. The Morgan fingerprint density at radius 1 is 0.885 bits per heavy atom. The average molecular weight is 714 g/mol. The molecule has 0 radical (unpaired) electrons. The minimum Gasteiger partial charge on any atom is -0.481 e. The Balaban J connectivity index is 1.91. The number of aromatic nitrogens is 4. The standard InChI is InChI=1S/C40H51N5O7/c1-9-25-21(3)29-18-31-23(5)27(11-12-35(46)47)38(44-31)28(17-36(48)51-8)39-37(40(49)41-13-14-52-16-15-50-7)24(6)32(45-39)20-34-26(10-2)22(4)30(43-34)19-33(25)42-29/h18-20,23,27,42,45H,9-17H2,1-8H3,(H,41,49)(H,46,47). The number of nitrogens with one attached hydrogen (secondary N) is 3. The van der Waals surface area contributed by atoms with E-state index in [-0.39, 0.29) is 43.7 Å². The zero-order chi connectivity index (χ0) is 37.7. The third kappa shape index (κ3) is 7.83. The number of hydrogen-bond acceptors (Lipinski definition) is 8. The Morgan fingerprint density at radius 2 is 1.62 bits per heavy atom. The van der Waals surface area contributed by atoms with Gasteiger partial charge in [-0.25, -0.2) is 4.98 Å². The molecule has 2 unspecified atom stereocenters. The van der Waals surface area contributed by atoms with Crippen LogP contribution < -0.4 is 5.32 Å². The van der Waals surface area contributed by atoms with Gasteiger partial charge in [0.2, 0.25) is 0 Å². The quantitative estimate of drug-likeness (QED) is 0.105. The second-order valence-corrected chi connectivity index (χ2v) is 13.4. The summed E-state index contributed by atoms with van der Waals surface area (Å²) in [6, 6.07) is 6.10. The lowest BCUT2D eigenvalue weighted by Gasteiger charge is -2.17. The second-order valence-electron chi connectivity index (χ2n) is 13.4. The first kappa shape index (κ1) is 38.4. The number of aromatic amines is 2. The minimum absolute atomic E-state index is 0.0868. The highest BCUT2D eigenvalue weighted by atomic mass is 16.5. The van der Waals surface area contributed by atoms with Crippen molar-refractivity contribution in [3.8, 4) is 0 Å². The molecule has 12 nitrogen and oxygen atoms in total. The molecule has 4 N–H and O–H groups in total. The van der Waals surface area contributed by atoms with Gasteiger partial charge in [0, 0.05) is 59.7 Å². The number of amides is 1. The lowest BCUT2D eigenvalue weighted by Crippen LogP contribution is -2.28. The minimum atomic E-state index is -0.923. The smallest absolute Gasteiger partial charge is 0.310 e. The summed E-state index contributed by atoms with van der Waals surface area (Å²) >= 11 is 0. The molecule has 0 saturated heterocycles. The molecule has 2 aliphatic heterocycles. The van der Waals surface area contributed by atoms with Gasteiger partial charge in [-0.05, 0) is 86.1 Å². The highest BCUT2D eigenvalue weighted by Gasteiger charge is 2.33. The molecule has 3 aromatic rings. The number of carbonyl (C=O) groups excluding carboxylic acids is 2. The molecule has 278 valence electrons. The average Bonchev–Trinajstić information content (AvgIpc) is 3.80. The van der Waals surface area contributed by atoms with E-state index in [1.165, 1.54) is 12.7 Å². The normalized spacial score (nSPS) is 15.6. The molecule has 3 aromatic heterocycles. The van der Waals surface area contributed by atoms with Crippen LogP contribution in [0.5, 0.6) is 0 Å². The lowest BCUT2D eigenvalue weighted by atomic mass is 9.85. The van der Waals surface area contributed by atoms with E-state index in [9.17, 15) is 19.5 Å². The number of carbonyl (C=O) groups is 3. The lowest BCUT2D eigenvalue weighted by molar-refractivity contribution is -0.140. The van der Waals surface area contributed by atoms with Gasteiger partial charge >= 0.3 is 11.9 Å². The largest absolute Gasteiger partial charge is 0.481 e. The number of nitrogens with zero attached hydrogens (tertiary/aromatic N) is 2. The van der Waals surface area contributed by atoms with E-state index in [4.69, 9.17) is 24.2 Å². The van der Waals surface area contributed by atoms with E-state index < -0.39 is 11.9 Å². The van der Waals surface area contributed by atoms with Gasteiger partial charge in [-0.15, -0.1) is 0 Å². The molecular weight excluding hydrogens is 662 g/mol. The number of hydrogen-bond donors (Lipinski definition) is 4. The maximum atomic E-state index is 14.1. The molecule has 0 fully saturated rings. The number of aliphatic carboxylic acids is 1. The number of H-pyrrole nitrogens is 2. The van der Waals surface area contributed by atoms with Crippen molar-refractivity contribution in [3.63, 3.8) is 0 Å². The summed E-state index contributed by atoms with van der Waals surface area (Å²) < 4.78 is 15.8. The number of carboxylic acids is 1. The fourth-order valence-corrected chi connectivity index (χ4v) is 7.41. The van der Waals surface area contributed by atoms with E-state index >= 15 is 0 Å². The maximum absolute atomic E-state index is 14.1. The molecule has 12 heteroatoms. The molecular formula is C40H51N5O7. The summed E-state index contributed by atoms with van der Waals surface area (Å²) in [5.74, 6) is -2.31. The van der Waals surface area contributed by atoms with Crippen molar-refractivity contribution in [2.75, 3.05) is 40.6 Å². The van der Waals surface area contributed by atoms with Crippen LogP contribution >= 0.6 is 0 Å². The Bertz CT molecular complexity index is 2060. The van der Waals surface area contributed by atoms with E-state index in [0.29, 0.717) is 53.1 Å². The number of carboxylic acid groups (broad SMARTS) is 1. The first-order valence-electron chi connectivity index (χ1n) is 18.0. The molecule has 0 aliphatic carbocycles. The number of aryl methyl sites for hydroxylation is 3. The highest BCUT2D eigenvalue weighted by molar-refractivity contribution is 6.06. The molecule has 5 rings (SSSR count). The number of esters is 1. The van der Waals surface area contributed by atoms with Crippen LogP contribution in [0.3, 0.4) is 0 Å². The van der Waals surface area contributed by atoms with E-state index in [1.807, 2.05) is 26.0 Å². The number of allylic oxidation sites excluding steroid dienone is 2. The second kappa shape index (κ2) is 16.7. The van der Waals surface area contributed by atoms with Crippen LogP contribution in [0.15, 0.2) is 18.2 Å². The molecule has 5 heterocycles. The van der Waals surface area contributed by atoms with Crippen molar-refractivity contribution < 1.29 is 33.7 Å². The van der Waals surface area contributed by atoms with Crippen molar-refractivity contribution in [2.24, 2.45) is 0 Å². The molecule has 0 aromatic carbocycles. The Labute approximate surface area is 304 Å². The van der Waals surface area contributed by atoms with Gasteiger partial charge in [0.25, 0.3) is 5.91 Å². The fourth-order valence-electron chi connectivity index (χ4n) is 7.41. The Morgan fingerprint density at radius 3 is 2.29 bits per heavy atom. The predicted octanol–water partition coefficient (Wildman–Crippen LogP) is 6.70. The molecule has 0 saturated carbocycles. The van der Waals surface area contributed by atoms with Crippen molar-refractivity contribution in [2.45, 2.75) is 85.5 Å². The molecule has 2 atom stereocenters. The van der Waals surface area contributed by atoms with E-state index in [1.54, 1.807) is 7.11 Å². The zero-order valence-electron chi connectivity index (χ0n) is 31.5. The molecule has 2 aliphatic rings. The van der Waals surface area contributed by atoms with Crippen LogP contribution in [0, 0.1) is 13.8 Å². The Hall–Kier alpha value is -4.81. The van der Waals surface area contributed by atoms with E-state index in [0.717, 1.165) is 57.7 Å². The summed E-state index contributed by atoms with van der Waals surface area (Å²) in [6.45, 7) is 13.7. The topological polar surface area (TPSA) is 169 Å². The number of rotatable bonds is 14. The van der Waals surface area contributed by atoms with Gasteiger partial charge in [0.05, 0.1) is 61.5 Å². The van der Waals surface area contributed by atoms with Crippen molar-refractivity contribution in [1.29, 1.82) is 0 Å². The molecule has 0 spiro atoms. The van der Waals surface area contributed by atoms with Gasteiger partial charge in [-0.1, -0.05) is 20.8 Å². The van der Waals surface area contributed by atoms with Gasteiger partial charge < -0.3 is 34.6 Å². The van der Waals surface area contributed by atoms with E-state index in [2.05, 4.69) is 49.0 Å². The highest BCUT2D eigenvalue weighted by Crippen LogP contribution is 2.43. The van der Waals surface area contributed by atoms with Crippen LogP contribution in [0.4, 0.5) is 0 Å². The van der Waals surface area contributed by atoms with Gasteiger partial charge in [-0.3, -0.25) is 19.4 Å². The van der Waals surface area contributed by atoms with Crippen LogP contribution in [-0.4, -0.2) is 83.5 Å². The molecule has 52 heavy (non-hydrogen) atoms. The van der Waals surface area contributed by atoms with Crippen LogP contribution in [-0.2, 0) is 36.6 Å². The van der Waals surface area contributed by atoms with Gasteiger partial charge in [0.1, 0.15) is 0 Å². The first-order valence-corrected chi connectivity index (χ1v) is 18.0. The van der Waals surface area contributed by atoms with Crippen LogP contribution in [0.2, 0.25) is 0 Å². The summed E-state index contributed by atoms with van der Waals surface area (Å²) in [6.07, 6.45) is 1.59. The van der Waals surface area contributed by atoms with Crippen molar-refractivity contribution in [3.05, 3.63) is 68.8 Å². The van der Waals surface area contributed by atoms with Gasteiger partial charge in [-0.2, -0.15) is 0 Å². The summed E-state index contributed by atoms with van der Waals surface area (Å²) in [5.41, 5.74) is 12.0. The van der Waals surface area contributed by atoms with Crippen LogP contribution in [0.25, 0.3) is 33.2 Å². The van der Waals surface area contributed by atoms with Crippen molar-refractivity contribution >= 4 is 51.1 Å². The zero-order valence-corrected chi connectivity index (χ0v) is 31.5. The summed E-state index contributed by atoms with van der Waals surface area (Å²) in [5, 5.41) is 12.7. The third-order valence-electron chi connectivity index (χ3n) is 10.4. The number of methoxy groups -OCH3 is 2. The third-order valence-corrected chi connectivity index (χ3v) is 10.4. The first-order chi connectivity index (χ1) is 24.9. The number of fused-ring (bicyclic) bond motifs is 8. The number of ether oxygens (including phenoxy) is 3. The Kier molecular flexibility index (Phi) is 12.3.